The highest BCUT2D eigenvalue weighted by Gasteiger charge is 2.38. The predicted molar refractivity (Wildman–Crippen MR) is 94.4 cm³/mol. The summed E-state index contributed by atoms with van der Waals surface area (Å²) < 4.78 is 28.5. The molecular formula is C18H18N4O2S. The molecule has 4 rings (SSSR count). The van der Waals surface area contributed by atoms with Gasteiger partial charge >= 0.3 is 0 Å². The molecule has 2 aromatic carbocycles. The van der Waals surface area contributed by atoms with E-state index in [4.69, 9.17) is 0 Å². The lowest BCUT2D eigenvalue weighted by Crippen LogP contribution is -2.50. The quantitative estimate of drug-likeness (QED) is 0.722. The van der Waals surface area contributed by atoms with Crippen molar-refractivity contribution in [3.05, 3.63) is 66.4 Å². The number of hydrogen-bond donors (Lipinski definition) is 0. The molecule has 1 fully saturated rings. The fourth-order valence-electron chi connectivity index (χ4n) is 2.84. The van der Waals surface area contributed by atoms with Gasteiger partial charge in [-0.2, -0.15) is 4.31 Å². The summed E-state index contributed by atoms with van der Waals surface area (Å²) in [6, 6.07) is 16.8. The van der Waals surface area contributed by atoms with Crippen LogP contribution in [0, 0.1) is 6.92 Å². The summed E-state index contributed by atoms with van der Waals surface area (Å²) in [7, 11) is -3.43. The second kappa shape index (κ2) is 6.09. The maximum Gasteiger partial charge on any atom is 0.243 e. The Morgan fingerprint density at radius 2 is 1.68 bits per heavy atom. The van der Waals surface area contributed by atoms with Crippen LogP contribution in [0.2, 0.25) is 0 Å². The van der Waals surface area contributed by atoms with Crippen LogP contribution in [-0.4, -0.2) is 40.8 Å². The van der Waals surface area contributed by atoms with Crippen LogP contribution in [0.1, 0.15) is 11.6 Å². The second-order valence-corrected chi connectivity index (χ2v) is 8.18. The van der Waals surface area contributed by atoms with Crippen LogP contribution in [0.25, 0.3) is 11.3 Å². The Balaban J connectivity index is 1.47. The van der Waals surface area contributed by atoms with Crippen molar-refractivity contribution in [2.75, 3.05) is 13.1 Å². The molecule has 0 saturated carbocycles. The summed E-state index contributed by atoms with van der Waals surface area (Å²) in [6.45, 7) is 2.76. The van der Waals surface area contributed by atoms with E-state index in [1.54, 1.807) is 16.8 Å². The van der Waals surface area contributed by atoms with E-state index in [-0.39, 0.29) is 6.04 Å². The van der Waals surface area contributed by atoms with Crippen molar-refractivity contribution in [2.45, 2.75) is 17.9 Å². The molecule has 7 heteroatoms. The third kappa shape index (κ3) is 2.96. The topological polar surface area (TPSA) is 68.1 Å². The van der Waals surface area contributed by atoms with E-state index in [1.165, 1.54) is 4.31 Å². The van der Waals surface area contributed by atoms with E-state index in [0.29, 0.717) is 18.0 Å². The lowest BCUT2D eigenvalue weighted by molar-refractivity contribution is 0.189. The van der Waals surface area contributed by atoms with Gasteiger partial charge in [0.25, 0.3) is 0 Å². The van der Waals surface area contributed by atoms with E-state index >= 15 is 0 Å². The minimum Gasteiger partial charge on any atom is -0.246 e. The van der Waals surface area contributed by atoms with Gasteiger partial charge in [-0.1, -0.05) is 53.2 Å². The Hall–Kier alpha value is -2.51. The monoisotopic (exact) mass is 354 g/mol. The molecule has 0 N–H and O–H groups in total. The number of hydrogen-bond acceptors (Lipinski definition) is 4. The minimum atomic E-state index is -3.43. The Bertz CT molecular complexity index is 975. The predicted octanol–water partition coefficient (Wildman–Crippen LogP) is 2.50. The molecule has 0 amide bonds. The van der Waals surface area contributed by atoms with Gasteiger partial charge in [-0.25, -0.2) is 13.1 Å². The zero-order valence-electron chi connectivity index (χ0n) is 13.8. The summed E-state index contributed by atoms with van der Waals surface area (Å²) in [4.78, 5) is 0.333. The lowest BCUT2D eigenvalue weighted by atomic mass is 10.1. The summed E-state index contributed by atoms with van der Waals surface area (Å²) in [5.41, 5.74) is 2.83. The average Bonchev–Trinajstić information content (AvgIpc) is 3.04. The molecule has 6 nitrogen and oxygen atoms in total. The van der Waals surface area contributed by atoms with E-state index < -0.39 is 10.0 Å². The van der Waals surface area contributed by atoms with Crippen LogP contribution in [0.15, 0.2) is 65.7 Å². The molecule has 3 aromatic rings. The summed E-state index contributed by atoms with van der Waals surface area (Å²) in [5.74, 6) is 0. The Labute approximate surface area is 146 Å². The first kappa shape index (κ1) is 16.0. The first-order valence-corrected chi connectivity index (χ1v) is 9.52. The van der Waals surface area contributed by atoms with Gasteiger partial charge in [0.1, 0.15) is 5.69 Å². The first-order chi connectivity index (χ1) is 12.0. The molecule has 0 bridgehead atoms. The van der Waals surface area contributed by atoms with E-state index in [9.17, 15) is 8.42 Å². The van der Waals surface area contributed by atoms with Crippen molar-refractivity contribution in [3.63, 3.8) is 0 Å². The van der Waals surface area contributed by atoms with Crippen LogP contribution < -0.4 is 0 Å². The number of rotatable bonds is 4. The fourth-order valence-corrected chi connectivity index (χ4v) is 4.35. The number of sulfonamides is 1. The van der Waals surface area contributed by atoms with Crippen molar-refractivity contribution < 1.29 is 8.42 Å². The van der Waals surface area contributed by atoms with E-state index in [1.807, 2.05) is 55.6 Å². The van der Waals surface area contributed by atoms with Crippen molar-refractivity contribution in [1.82, 2.24) is 19.3 Å². The number of benzene rings is 2. The van der Waals surface area contributed by atoms with Gasteiger partial charge in [-0.3, -0.25) is 0 Å². The summed E-state index contributed by atoms with van der Waals surface area (Å²) in [5, 5.41) is 8.35. The van der Waals surface area contributed by atoms with Crippen LogP contribution in [0.3, 0.4) is 0 Å². The van der Waals surface area contributed by atoms with Crippen molar-refractivity contribution in [3.8, 4) is 11.3 Å². The molecule has 0 atom stereocenters. The molecule has 1 aliphatic rings. The smallest absolute Gasteiger partial charge is 0.243 e. The lowest BCUT2D eigenvalue weighted by Gasteiger charge is -2.37. The number of aromatic nitrogens is 3. The van der Waals surface area contributed by atoms with Gasteiger partial charge in [0.05, 0.1) is 17.1 Å². The van der Waals surface area contributed by atoms with Gasteiger partial charge in [-0.15, -0.1) is 5.10 Å². The normalized spacial score (nSPS) is 15.9. The maximum atomic E-state index is 12.6. The molecular weight excluding hydrogens is 336 g/mol. The van der Waals surface area contributed by atoms with Gasteiger partial charge in [0, 0.05) is 18.7 Å². The number of aryl methyl sites for hydroxylation is 1. The van der Waals surface area contributed by atoms with Crippen LogP contribution in [-0.2, 0) is 10.0 Å². The Morgan fingerprint density at radius 3 is 2.36 bits per heavy atom. The van der Waals surface area contributed by atoms with Crippen LogP contribution in [0.5, 0.6) is 0 Å². The van der Waals surface area contributed by atoms with Crippen LogP contribution in [0.4, 0.5) is 0 Å². The molecule has 2 heterocycles. The van der Waals surface area contributed by atoms with Crippen molar-refractivity contribution in [2.24, 2.45) is 0 Å². The average molecular weight is 354 g/mol. The molecule has 1 saturated heterocycles. The Kier molecular flexibility index (Phi) is 3.89. The SMILES string of the molecule is Cc1ccc(S(=O)(=O)N2CC(n3cc(-c4ccccc4)nn3)C2)cc1. The second-order valence-electron chi connectivity index (χ2n) is 6.24. The molecule has 0 radical (unpaired) electrons. The largest absolute Gasteiger partial charge is 0.246 e. The highest BCUT2D eigenvalue weighted by atomic mass is 32.2. The highest BCUT2D eigenvalue weighted by Crippen LogP contribution is 2.28. The van der Waals surface area contributed by atoms with Gasteiger partial charge in [0.15, 0.2) is 0 Å². The van der Waals surface area contributed by atoms with Crippen molar-refractivity contribution >= 4 is 10.0 Å². The molecule has 128 valence electrons. The molecule has 1 aromatic heterocycles. The van der Waals surface area contributed by atoms with Gasteiger partial charge in [-0.05, 0) is 19.1 Å². The zero-order chi connectivity index (χ0) is 17.4. The van der Waals surface area contributed by atoms with Gasteiger partial charge in [0.2, 0.25) is 10.0 Å². The highest BCUT2D eigenvalue weighted by molar-refractivity contribution is 7.89. The summed E-state index contributed by atoms with van der Waals surface area (Å²) >= 11 is 0. The fraction of sp³-hybridized carbons (Fsp3) is 0.222. The van der Waals surface area contributed by atoms with Crippen molar-refractivity contribution in [1.29, 1.82) is 0 Å². The molecule has 0 spiro atoms. The third-order valence-electron chi connectivity index (χ3n) is 4.44. The molecule has 25 heavy (non-hydrogen) atoms. The minimum absolute atomic E-state index is 0.0187. The van der Waals surface area contributed by atoms with Crippen LogP contribution >= 0.6 is 0 Å². The van der Waals surface area contributed by atoms with E-state index in [2.05, 4.69) is 10.3 Å². The van der Waals surface area contributed by atoms with Gasteiger partial charge < -0.3 is 0 Å². The standard InChI is InChI=1S/C18H18N4O2S/c1-14-7-9-17(10-8-14)25(23,24)21-11-16(12-21)22-13-18(19-20-22)15-5-3-2-4-6-15/h2-10,13,16H,11-12H2,1H3. The van der Waals surface area contributed by atoms with E-state index in [0.717, 1.165) is 16.8 Å². The number of nitrogens with zero attached hydrogens (tertiary/aromatic N) is 4. The zero-order valence-corrected chi connectivity index (χ0v) is 14.6. The first-order valence-electron chi connectivity index (χ1n) is 8.08. The molecule has 0 aliphatic carbocycles. The summed E-state index contributed by atoms with van der Waals surface area (Å²) in [6.07, 6.45) is 1.87. The third-order valence-corrected chi connectivity index (χ3v) is 6.29. The molecule has 0 unspecified atom stereocenters. The maximum absolute atomic E-state index is 12.6. The molecule has 1 aliphatic heterocycles. The Morgan fingerprint density at radius 1 is 1.00 bits per heavy atom.